The van der Waals surface area contributed by atoms with Crippen molar-refractivity contribution in [1.82, 2.24) is 0 Å². The van der Waals surface area contributed by atoms with Gasteiger partial charge in [0.05, 0.1) is 24.4 Å². The van der Waals surface area contributed by atoms with E-state index in [0.717, 1.165) is 48.4 Å². The maximum atomic E-state index is 6.26. The molecule has 4 atom stereocenters. The highest BCUT2D eigenvalue weighted by Crippen LogP contribution is 2.53. The summed E-state index contributed by atoms with van der Waals surface area (Å²) in [7, 11) is 0. The first-order valence-corrected chi connectivity index (χ1v) is 18.0. The number of benzene rings is 7. The zero-order valence-corrected chi connectivity index (χ0v) is 27.7. The van der Waals surface area contributed by atoms with E-state index in [1.807, 2.05) is 0 Å². The van der Waals surface area contributed by atoms with Gasteiger partial charge in [-0.2, -0.15) is 0 Å². The summed E-state index contributed by atoms with van der Waals surface area (Å²) in [5.74, 6) is 0. The lowest BCUT2D eigenvalue weighted by atomic mass is 9.91. The number of ether oxygens (including phenoxy) is 2. The van der Waals surface area contributed by atoms with Crippen LogP contribution < -0.4 is 9.80 Å². The highest BCUT2D eigenvalue weighted by Gasteiger charge is 2.39. The number of hydrogen-bond donors (Lipinski definition) is 0. The van der Waals surface area contributed by atoms with Crippen LogP contribution in [0.2, 0.25) is 0 Å². The average molecular weight is 649 g/mol. The van der Waals surface area contributed by atoms with E-state index in [9.17, 15) is 0 Å². The number of hydrogen-bond acceptors (Lipinski definition) is 4. The van der Waals surface area contributed by atoms with E-state index in [-0.39, 0.29) is 24.4 Å². The molecule has 0 amide bonds. The largest absolute Gasteiger partial charge is 0.366 e. The molecule has 2 fully saturated rings. The van der Waals surface area contributed by atoms with Gasteiger partial charge in [0.15, 0.2) is 0 Å². The first-order chi connectivity index (χ1) is 24.7. The van der Waals surface area contributed by atoms with Crippen LogP contribution in [0.25, 0.3) is 21.5 Å². The molecule has 242 valence electrons. The second-order valence-corrected chi connectivity index (χ2v) is 14.2. The fourth-order valence-electron chi connectivity index (χ4n) is 9.11. The van der Waals surface area contributed by atoms with Crippen molar-refractivity contribution in [3.8, 4) is 0 Å². The molecule has 7 aromatic rings. The van der Waals surface area contributed by atoms with E-state index in [1.165, 1.54) is 55.2 Å². The first-order valence-electron chi connectivity index (χ1n) is 18.0. The molecule has 11 rings (SSSR count). The van der Waals surface area contributed by atoms with Crippen molar-refractivity contribution >= 4 is 55.7 Å². The molecule has 0 N–H and O–H groups in total. The molecular weight excluding hydrogens is 613 g/mol. The Kier molecular flexibility index (Phi) is 6.28. The summed E-state index contributed by atoms with van der Waals surface area (Å²) < 4.78 is 12.5. The average Bonchev–Trinajstić information content (AvgIpc) is 3.99. The molecule has 7 aromatic carbocycles. The number of rotatable bonds is 6. The Balaban J connectivity index is 0.998. The summed E-state index contributed by atoms with van der Waals surface area (Å²) in [6, 6.07) is 53.6. The van der Waals surface area contributed by atoms with Crippen molar-refractivity contribution in [2.24, 2.45) is 0 Å². The Morgan fingerprint density at radius 2 is 0.720 bits per heavy atom. The van der Waals surface area contributed by atoms with Crippen LogP contribution in [0.5, 0.6) is 0 Å². The maximum absolute atomic E-state index is 6.26. The maximum Gasteiger partial charge on any atom is 0.0838 e. The van der Waals surface area contributed by atoms with Crippen molar-refractivity contribution in [3.05, 3.63) is 168 Å². The quantitative estimate of drug-likeness (QED) is 0.168. The van der Waals surface area contributed by atoms with Crippen LogP contribution in [0, 0.1) is 0 Å². The summed E-state index contributed by atoms with van der Waals surface area (Å²) in [6.45, 7) is 0. The molecule has 4 unspecified atom stereocenters. The molecule has 50 heavy (non-hydrogen) atoms. The van der Waals surface area contributed by atoms with Crippen LogP contribution in [0.15, 0.2) is 146 Å². The summed E-state index contributed by atoms with van der Waals surface area (Å²) in [5.41, 5.74) is 12.4. The molecule has 2 saturated heterocycles. The van der Waals surface area contributed by atoms with Gasteiger partial charge in [-0.15, -0.1) is 0 Å². The van der Waals surface area contributed by atoms with Crippen LogP contribution in [-0.4, -0.2) is 0 Å². The van der Waals surface area contributed by atoms with Gasteiger partial charge in [0, 0.05) is 34.1 Å². The van der Waals surface area contributed by atoms with Gasteiger partial charge in [-0.3, -0.25) is 0 Å². The van der Waals surface area contributed by atoms with Crippen LogP contribution in [0.1, 0.15) is 72.4 Å². The summed E-state index contributed by atoms with van der Waals surface area (Å²) >= 11 is 0. The van der Waals surface area contributed by atoms with Crippen LogP contribution in [0.4, 0.5) is 34.1 Å². The van der Waals surface area contributed by atoms with E-state index in [0.29, 0.717) is 0 Å². The molecule has 4 aliphatic rings. The molecule has 0 aromatic heterocycles. The van der Waals surface area contributed by atoms with Gasteiger partial charge in [0.1, 0.15) is 0 Å². The van der Waals surface area contributed by atoms with E-state index in [2.05, 4.69) is 155 Å². The van der Waals surface area contributed by atoms with Crippen molar-refractivity contribution < 1.29 is 9.47 Å². The fraction of sp³-hybridized carbons (Fsp3) is 0.174. The Hall–Kier alpha value is -5.42. The van der Waals surface area contributed by atoms with Gasteiger partial charge < -0.3 is 19.3 Å². The summed E-state index contributed by atoms with van der Waals surface area (Å²) in [5, 5.41) is 4.95. The normalized spacial score (nSPS) is 21.1. The molecule has 4 bridgehead atoms. The zero-order chi connectivity index (χ0) is 32.8. The molecule has 4 aliphatic heterocycles. The number of para-hydroxylation sites is 2. The number of nitrogens with zero attached hydrogens (tertiary/aromatic N) is 2. The number of anilines is 6. The second-order valence-electron chi connectivity index (χ2n) is 14.2. The molecule has 0 spiro atoms. The predicted molar refractivity (Wildman–Crippen MR) is 202 cm³/mol. The molecule has 4 heterocycles. The van der Waals surface area contributed by atoms with Crippen LogP contribution in [-0.2, 0) is 9.47 Å². The molecule has 4 heteroatoms. The van der Waals surface area contributed by atoms with Crippen LogP contribution >= 0.6 is 0 Å². The van der Waals surface area contributed by atoms with E-state index < -0.39 is 0 Å². The van der Waals surface area contributed by atoms with Crippen molar-refractivity contribution in [2.45, 2.75) is 50.1 Å². The zero-order valence-electron chi connectivity index (χ0n) is 27.7. The highest BCUT2D eigenvalue weighted by atomic mass is 16.5. The Bertz CT molecular complexity index is 2270. The van der Waals surface area contributed by atoms with Crippen molar-refractivity contribution in [1.29, 1.82) is 0 Å². The van der Waals surface area contributed by atoms with Gasteiger partial charge in [0.2, 0.25) is 0 Å². The minimum atomic E-state index is 0.227. The summed E-state index contributed by atoms with van der Waals surface area (Å²) in [6.07, 6.45) is 5.48. The number of fused-ring (bicyclic) bond motifs is 13. The molecule has 0 saturated carbocycles. The van der Waals surface area contributed by atoms with Gasteiger partial charge in [-0.05, 0) is 142 Å². The van der Waals surface area contributed by atoms with Gasteiger partial charge in [-0.1, -0.05) is 72.8 Å². The topological polar surface area (TPSA) is 24.9 Å². The predicted octanol–water partition coefficient (Wildman–Crippen LogP) is 12.7. The monoisotopic (exact) mass is 648 g/mol. The van der Waals surface area contributed by atoms with E-state index in [4.69, 9.17) is 9.47 Å². The van der Waals surface area contributed by atoms with Gasteiger partial charge >= 0.3 is 0 Å². The minimum Gasteiger partial charge on any atom is -0.366 e. The summed E-state index contributed by atoms with van der Waals surface area (Å²) in [4.78, 5) is 4.76. The van der Waals surface area contributed by atoms with Gasteiger partial charge in [0.25, 0.3) is 0 Å². The lowest BCUT2D eigenvalue weighted by Gasteiger charge is -2.28. The smallest absolute Gasteiger partial charge is 0.0838 e. The Morgan fingerprint density at radius 1 is 0.340 bits per heavy atom. The van der Waals surface area contributed by atoms with Crippen molar-refractivity contribution in [3.63, 3.8) is 0 Å². The molecule has 4 nitrogen and oxygen atoms in total. The second kappa shape index (κ2) is 11.0. The lowest BCUT2D eigenvalue weighted by molar-refractivity contribution is 0.0715. The third-order valence-corrected chi connectivity index (χ3v) is 11.4. The standard InChI is InChI=1S/C46H36N2O2/c1-3-7-31(8-4-1)47(35-15-19-39-41(27-35)45-23-21-43(39)49-45)33-13-17-37-29(25-33)11-12-30-26-34(14-18-38(30)37)48(32-9-5-2-6-10-32)36-16-20-40-42(28-36)46-24-22-44(40)50-46/h1-20,25-28,43-46H,21-24H2. The molecular formula is C46H36N2O2. The Labute approximate surface area is 292 Å². The SMILES string of the molecule is c1ccc(N(c2ccc3c(c2)C2CCC3O2)c2ccc3c(ccc4cc(N(c5ccccc5)c5ccc6c(c5)C5CCC6O5)ccc43)c2)cc1. The minimum absolute atomic E-state index is 0.227. The van der Waals surface area contributed by atoms with E-state index >= 15 is 0 Å². The highest BCUT2D eigenvalue weighted by molar-refractivity contribution is 6.09. The third-order valence-electron chi connectivity index (χ3n) is 11.4. The van der Waals surface area contributed by atoms with Crippen LogP contribution in [0.3, 0.4) is 0 Å². The third kappa shape index (κ3) is 4.38. The van der Waals surface area contributed by atoms with Gasteiger partial charge in [-0.25, -0.2) is 0 Å². The van der Waals surface area contributed by atoms with Crippen molar-refractivity contribution in [2.75, 3.05) is 9.80 Å². The first kappa shape index (κ1) is 28.4. The van der Waals surface area contributed by atoms with E-state index in [1.54, 1.807) is 0 Å². The lowest BCUT2D eigenvalue weighted by Crippen LogP contribution is -2.11. The molecule has 0 radical (unpaired) electrons. The Morgan fingerprint density at radius 3 is 1.16 bits per heavy atom. The fourth-order valence-corrected chi connectivity index (χ4v) is 9.11. The molecule has 0 aliphatic carbocycles.